The van der Waals surface area contributed by atoms with E-state index >= 15 is 0 Å². The smallest absolute Gasteiger partial charge is 0.311 e. The van der Waals surface area contributed by atoms with Crippen molar-refractivity contribution in [2.45, 2.75) is 23.9 Å². The highest BCUT2D eigenvalue weighted by atomic mass is 127. The Morgan fingerprint density at radius 3 is 1.83 bits per heavy atom. The van der Waals surface area contributed by atoms with Gasteiger partial charge in [-0.25, -0.2) is 11.9 Å². The molecule has 0 N–H and O–H groups in total. The summed E-state index contributed by atoms with van der Waals surface area (Å²) in [6.45, 7) is 0. The van der Waals surface area contributed by atoms with Crippen LogP contribution in [0.25, 0.3) is 0 Å². The number of nitrogens with zero attached hydrogens (tertiary/aromatic N) is 2. The third kappa shape index (κ3) is 6.12. The summed E-state index contributed by atoms with van der Waals surface area (Å²) in [5.41, 5.74) is -8.10. The lowest BCUT2D eigenvalue weighted by Crippen LogP contribution is -2.59. The minimum Gasteiger partial charge on any atom is -0.311 e. The number of amides is 2. The molecular formula is C25H14F10I2N2O2. The van der Waals surface area contributed by atoms with Gasteiger partial charge < -0.3 is 4.90 Å². The van der Waals surface area contributed by atoms with Crippen LogP contribution in [0.3, 0.4) is 0 Å². The summed E-state index contributed by atoms with van der Waals surface area (Å²) >= 11 is 2.68. The predicted molar refractivity (Wildman–Crippen MR) is 145 cm³/mol. The average Bonchev–Trinajstić information content (AvgIpc) is 2.90. The zero-order valence-corrected chi connectivity index (χ0v) is 24.4. The van der Waals surface area contributed by atoms with Gasteiger partial charge in [0.1, 0.15) is 5.82 Å². The van der Waals surface area contributed by atoms with Crippen LogP contribution in [0.4, 0.5) is 55.3 Å². The van der Waals surface area contributed by atoms with Crippen LogP contribution >= 0.6 is 45.5 Å². The van der Waals surface area contributed by atoms with Gasteiger partial charge in [0.15, 0.2) is 0 Å². The highest BCUT2D eigenvalue weighted by molar-refractivity contribution is 14.1. The average molecular weight is 818 g/mol. The molecule has 41 heavy (non-hydrogen) atoms. The van der Waals surface area contributed by atoms with Crippen molar-refractivity contribution < 1.29 is 53.5 Å². The van der Waals surface area contributed by atoms with E-state index in [4.69, 9.17) is 0 Å². The number of hydrogen-bond donors (Lipinski definition) is 0. The molecule has 0 saturated carbocycles. The number of halogens is 12. The van der Waals surface area contributed by atoms with Crippen LogP contribution < -0.4 is 8.01 Å². The summed E-state index contributed by atoms with van der Waals surface area (Å²) in [7, 11) is 1.37. The molecule has 3 aromatic carbocycles. The lowest BCUT2D eigenvalue weighted by atomic mass is 9.87. The van der Waals surface area contributed by atoms with Crippen LogP contribution in [0.15, 0.2) is 66.7 Å². The molecule has 0 heterocycles. The van der Waals surface area contributed by atoms with Crippen molar-refractivity contribution in [1.29, 1.82) is 0 Å². The predicted octanol–water partition coefficient (Wildman–Crippen LogP) is 8.63. The Morgan fingerprint density at radius 1 is 0.732 bits per heavy atom. The van der Waals surface area contributed by atoms with Crippen LogP contribution in [0.1, 0.15) is 26.3 Å². The minimum atomic E-state index is -6.87. The van der Waals surface area contributed by atoms with Gasteiger partial charge >= 0.3 is 23.9 Å². The molecule has 220 valence electrons. The van der Waals surface area contributed by atoms with Crippen LogP contribution in [-0.2, 0) is 5.67 Å². The molecule has 1 atom stereocenters. The van der Waals surface area contributed by atoms with Crippen LogP contribution in [0.5, 0.6) is 0 Å². The zero-order chi connectivity index (χ0) is 31.1. The summed E-state index contributed by atoms with van der Waals surface area (Å²) in [5, 5.41) is 0. The van der Waals surface area contributed by atoms with Gasteiger partial charge in [0.05, 0.1) is 28.6 Å². The summed E-state index contributed by atoms with van der Waals surface area (Å²) < 4.78 is 135. The summed E-state index contributed by atoms with van der Waals surface area (Å²) in [6, 6.07) is 10.9. The Morgan fingerprint density at radius 2 is 1.32 bits per heavy atom. The quantitative estimate of drug-likeness (QED) is 0.142. The molecule has 3 aromatic rings. The second-order valence-electron chi connectivity index (χ2n) is 8.40. The molecule has 0 aliphatic carbocycles. The Hall–Kier alpha value is -2.64. The molecule has 16 heteroatoms. The van der Waals surface area contributed by atoms with Gasteiger partial charge in [-0.15, -0.1) is 0 Å². The van der Waals surface area contributed by atoms with Crippen molar-refractivity contribution in [1.82, 2.24) is 0 Å². The Bertz CT molecular complexity index is 1460. The van der Waals surface area contributed by atoms with E-state index in [1.165, 1.54) is 88.9 Å². The first-order chi connectivity index (χ1) is 18.7. The number of anilines is 2. The fourth-order valence-electron chi connectivity index (χ4n) is 3.57. The molecule has 0 aliphatic rings. The second kappa shape index (κ2) is 11.6. The van der Waals surface area contributed by atoms with E-state index in [0.717, 1.165) is 20.1 Å². The van der Waals surface area contributed by atoms with E-state index in [2.05, 4.69) is 0 Å². The maximum absolute atomic E-state index is 14.8. The third-order valence-corrected chi connectivity index (χ3v) is 7.61. The molecular weight excluding hydrogens is 804 g/mol. The molecule has 0 fully saturated rings. The fraction of sp³-hybridized carbons (Fsp3) is 0.200. The molecule has 0 aromatic heterocycles. The van der Waals surface area contributed by atoms with Crippen molar-refractivity contribution >= 4 is 68.6 Å². The lowest BCUT2D eigenvalue weighted by molar-refractivity contribution is -0.389. The van der Waals surface area contributed by atoms with Crippen LogP contribution in [0, 0.1) is 9.39 Å². The molecule has 4 nitrogen and oxygen atoms in total. The first-order valence-electron chi connectivity index (χ1n) is 10.9. The van der Waals surface area contributed by atoms with E-state index in [9.17, 15) is 53.5 Å². The monoisotopic (exact) mass is 818 g/mol. The van der Waals surface area contributed by atoms with Crippen molar-refractivity contribution in [2.24, 2.45) is 0 Å². The number of carbonyl (C=O) groups is 2. The minimum absolute atomic E-state index is 0.0609. The van der Waals surface area contributed by atoms with Gasteiger partial charge in [-0.05, 0) is 77.2 Å². The first kappa shape index (κ1) is 32.9. The highest BCUT2D eigenvalue weighted by Crippen LogP contribution is 2.58. The second-order valence-corrected chi connectivity index (χ2v) is 10.5. The van der Waals surface area contributed by atoms with Crippen LogP contribution in [0.2, 0.25) is 0 Å². The normalized spacial score (nSPS) is 13.9. The molecule has 0 spiro atoms. The van der Waals surface area contributed by atoms with E-state index in [1.807, 2.05) is 0 Å². The van der Waals surface area contributed by atoms with Gasteiger partial charge in [-0.1, -0.05) is 12.1 Å². The Labute approximate surface area is 252 Å². The lowest BCUT2D eigenvalue weighted by Gasteiger charge is -2.36. The molecule has 0 bridgehead atoms. The van der Waals surface area contributed by atoms with Crippen LogP contribution in [-0.4, -0.2) is 37.1 Å². The van der Waals surface area contributed by atoms with E-state index in [1.54, 1.807) is 0 Å². The van der Waals surface area contributed by atoms with Crippen molar-refractivity contribution in [2.75, 3.05) is 15.1 Å². The largest absolute Gasteiger partial charge is 0.457 e. The van der Waals surface area contributed by atoms with Gasteiger partial charge in [0, 0.05) is 33.0 Å². The first-order valence-corrected chi connectivity index (χ1v) is 12.9. The number of benzene rings is 3. The topological polar surface area (TPSA) is 40.6 Å². The summed E-state index contributed by atoms with van der Waals surface area (Å²) in [4.78, 5) is 27.0. The zero-order valence-electron chi connectivity index (χ0n) is 20.1. The molecule has 0 aliphatic heterocycles. The van der Waals surface area contributed by atoms with Crippen molar-refractivity contribution in [3.8, 4) is 0 Å². The molecule has 2 amide bonds. The maximum atomic E-state index is 14.8. The molecule has 3 rings (SSSR count). The van der Waals surface area contributed by atoms with Gasteiger partial charge in [0.2, 0.25) is 0 Å². The summed E-state index contributed by atoms with van der Waals surface area (Å²) in [6.07, 6.45) is -13.5. The number of hydrogen-bond acceptors (Lipinski definition) is 2. The molecule has 0 saturated heterocycles. The van der Waals surface area contributed by atoms with Crippen molar-refractivity contribution in [3.63, 3.8) is 0 Å². The van der Waals surface area contributed by atoms with E-state index in [0.29, 0.717) is 6.07 Å². The highest BCUT2D eigenvalue weighted by Gasteiger charge is 2.81. The SMILES string of the molecule is CN(C(=O)c1ccc(F)cc1)c1cccc(C(=O)N(I)c2ccc(C(F)(C(F)(F)F)C(F)(F)C(F)(F)F)cc2I)c1. The maximum Gasteiger partial charge on any atom is 0.457 e. The number of carbonyl (C=O) groups excluding carboxylic acids is 2. The Balaban J connectivity index is 1.94. The number of alkyl halides is 9. The molecule has 1 unspecified atom stereocenters. The van der Waals surface area contributed by atoms with Gasteiger partial charge in [-0.3, -0.25) is 9.59 Å². The van der Waals surface area contributed by atoms with E-state index < -0.39 is 50.7 Å². The Kier molecular flexibility index (Phi) is 9.27. The standard InChI is InChI=1S/C25H14F10I2N2O2/c1-38(20(40)13-5-8-16(26)9-6-13)17-4-2-3-14(11-17)21(41)39(37)19-10-7-15(12-18(19)36)22(27,24(30,31)32)23(28,29)25(33,34)35/h2-12H,1H3. The van der Waals surface area contributed by atoms with Gasteiger partial charge in [0.25, 0.3) is 11.8 Å². The third-order valence-electron chi connectivity index (χ3n) is 5.79. The van der Waals surface area contributed by atoms with E-state index in [-0.39, 0.29) is 34.6 Å². The summed E-state index contributed by atoms with van der Waals surface area (Å²) in [5.74, 6) is -8.78. The fourth-order valence-corrected chi connectivity index (χ4v) is 5.49. The van der Waals surface area contributed by atoms with Crippen molar-refractivity contribution in [3.05, 3.63) is 92.8 Å². The number of rotatable bonds is 6. The molecule has 0 radical (unpaired) electrons. The van der Waals surface area contributed by atoms with Gasteiger partial charge in [-0.2, -0.15) is 35.1 Å².